The summed E-state index contributed by atoms with van der Waals surface area (Å²) in [6.07, 6.45) is 2.44. The van der Waals surface area contributed by atoms with Gasteiger partial charge < -0.3 is 0 Å². The van der Waals surface area contributed by atoms with Crippen molar-refractivity contribution in [3.8, 4) is 11.8 Å². The Balaban J connectivity index is 2.38. The van der Waals surface area contributed by atoms with Crippen LogP contribution in [-0.2, 0) is 4.79 Å². The number of carbonyl (C=O) groups excluding carboxylic acids is 1. The molecule has 1 aromatic rings. The van der Waals surface area contributed by atoms with Crippen LogP contribution < -0.4 is 0 Å². The standard InChI is InChI=1S/C11H10BrNOS/c1-9(14)15-7-3-2-4-10-5-6-11(12)13-8-10/h5-6,8H,3,7H2,1H3. The molecule has 0 amide bonds. The Morgan fingerprint density at radius 3 is 3.00 bits per heavy atom. The van der Waals surface area contributed by atoms with E-state index >= 15 is 0 Å². The van der Waals surface area contributed by atoms with E-state index in [1.807, 2.05) is 12.1 Å². The molecule has 0 spiro atoms. The highest BCUT2D eigenvalue weighted by molar-refractivity contribution is 9.10. The van der Waals surface area contributed by atoms with Crippen LogP contribution in [0.1, 0.15) is 18.9 Å². The monoisotopic (exact) mass is 283 g/mol. The van der Waals surface area contributed by atoms with E-state index in [-0.39, 0.29) is 5.12 Å². The minimum atomic E-state index is 0.141. The summed E-state index contributed by atoms with van der Waals surface area (Å²) in [4.78, 5) is 14.7. The lowest BCUT2D eigenvalue weighted by molar-refractivity contribution is -0.109. The molecule has 0 fully saturated rings. The van der Waals surface area contributed by atoms with Gasteiger partial charge >= 0.3 is 0 Å². The summed E-state index contributed by atoms with van der Waals surface area (Å²) >= 11 is 4.56. The fourth-order valence-electron chi connectivity index (χ4n) is 0.860. The molecule has 0 saturated carbocycles. The topological polar surface area (TPSA) is 30.0 Å². The first kappa shape index (κ1) is 12.3. The average molecular weight is 284 g/mol. The van der Waals surface area contributed by atoms with Gasteiger partial charge in [0.05, 0.1) is 0 Å². The minimum Gasteiger partial charge on any atom is -0.288 e. The minimum absolute atomic E-state index is 0.141. The van der Waals surface area contributed by atoms with E-state index in [9.17, 15) is 4.79 Å². The molecule has 0 N–H and O–H groups in total. The van der Waals surface area contributed by atoms with Gasteiger partial charge in [-0.15, -0.1) is 0 Å². The number of hydrogen-bond acceptors (Lipinski definition) is 3. The van der Waals surface area contributed by atoms with Crippen molar-refractivity contribution in [3.63, 3.8) is 0 Å². The molecule has 2 nitrogen and oxygen atoms in total. The van der Waals surface area contributed by atoms with Gasteiger partial charge in [0, 0.05) is 30.9 Å². The average Bonchev–Trinajstić information content (AvgIpc) is 2.20. The largest absolute Gasteiger partial charge is 0.288 e. The predicted molar refractivity (Wildman–Crippen MR) is 66.6 cm³/mol. The third-order valence-electron chi connectivity index (χ3n) is 1.49. The Labute approximate surface area is 102 Å². The van der Waals surface area contributed by atoms with Crippen molar-refractivity contribution >= 4 is 32.8 Å². The highest BCUT2D eigenvalue weighted by Gasteiger charge is 1.91. The molecule has 0 aromatic carbocycles. The number of pyridine rings is 1. The molecule has 4 heteroatoms. The number of aromatic nitrogens is 1. The first-order chi connectivity index (χ1) is 7.18. The van der Waals surface area contributed by atoms with Crippen LogP contribution in [0.25, 0.3) is 0 Å². The maximum absolute atomic E-state index is 10.6. The molecule has 0 aliphatic carbocycles. The van der Waals surface area contributed by atoms with Crippen molar-refractivity contribution in [1.82, 2.24) is 4.98 Å². The number of halogens is 1. The van der Waals surface area contributed by atoms with E-state index in [0.29, 0.717) is 0 Å². The summed E-state index contributed by atoms with van der Waals surface area (Å²) in [6, 6.07) is 3.76. The molecule has 78 valence electrons. The Hall–Kier alpha value is -0.790. The summed E-state index contributed by atoms with van der Waals surface area (Å²) < 4.78 is 0.806. The Morgan fingerprint density at radius 1 is 1.60 bits per heavy atom. The lowest BCUT2D eigenvalue weighted by Crippen LogP contribution is -1.84. The fraction of sp³-hybridized carbons (Fsp3) is 0.273. The van der Waals surface area contributed by atoms with Gasteiger partial charge in [0.2, 0.25) is 0 Å². The second-order valence-corrected chi connectivity index (χ2v) is 4.85. The summed E-state index contributed by atoms with van der Waals surface area (Å²) in [6.45, 7) is 1.57. The lowest BCUT2D eigenvalue weighted by Gasteiger charge is -1.90. The highest BCUT2D eigenvalue weighted by atomic mass is 79.9. The Bertz CT molecular complexity index is 391. The summed E-state index contributed by atoms with van der Waals surface area (Å²) in [5.74, 6) is 6.74. The maximum Gasteiger partial charge on any atom is 0.185 e. The quantitative estimate of drug-likeness (QED) is 0.475. The number of hydrogen-bond donors (Lipinski definition) is 0. The van der Waals surface area contributed by atoms with E-state index in [1.54, 1.807) is 13.1 Å². The van der Waals surface area contributed by atoms with Crippen molar-refractivity contribution in [2.45, 2.75) is 13.3 Å². The zero-order chi connectivity index (χ0) is 11.1. The van der Waals surface area contributed by atoms with Gasteiger partial charge in [-0.05, 0) is 28.1 Å². The Morgan fingerprint density at radius 2 is 2.40 bits per heavy atom. The molecule has 0 aliphatic heterocycles. The molecular weight excluding hydrogens is 274 g/mol. The van der Waals surface area contributed by atoms with Crippen molar-refractivity contribution in [1.29, 1.82) is 0 Å². The van der Waals surface area contributed by atoms with E-state index in [1.165, 1.54) is 11.8 Å². The molecule has 1 aromatic heterocycles. The van der Waals surface area contributed by atoms with Gasteiger partial charge in [-0.25, -0.2) is 4.98 Å². The molecular formula is C11H10BrNOS. The van der Waals surface area contributed by atoms with Crippen LogP contribution in [0, 0.1) is 11.8 Å². The van der Waals surface area contributed by atoms with E-state index in [4.69, 9.17) is 0 Å². The SMILES string of the molecule is CC(=O)SCCC#Cc1ccc(Br)nc1. The first-order valence-electron chi connectivity index (χ1n) is 4.42. The summed E-state index contributed by atoms with van der Waals surface area (Å²) in [5, 5.41) is 0.141. The van der Waals surface area contributed by atoms with Crippen LogP contribution in [0.4, 0.5) is 0 Å². The predicted octanol–water partition coefficient (Wildman–Crippen LogP) is 2.87. The van der Waals surface area contributed by atoms with Gasteiger partial charge in [-0.3, -0.25) is 4.79 Å². The normalized spacial score (nSPS) is 9.20. The van der Waals surface area contributed by atoms with Gasteiger partial charge in [0.1, 0.15) is 4.60 Å². The molecule has 0 radical (unpaired) electrons. The smallest absolute Gasteiger partial charge is 0.185 e. The van der Waals surface area contributed by atoms with Crippen molar-refractivity contribution in [2.75, 3.05) is 5.75 Å². The molecule has 0 bridgehead atoms. The number of nitrogens with zero attached hydrogens (tertiary/aromatic N) is 1. The van der Waals surface area contributed by atoms with Crippen LogP contribution in [0.5, 0.6) is 0 Å². The second kappa shape index (κ2) is 6.65. The summed E-state index contributed by atoms with van der Waals surface area (Å²) in [7, 11) is 0. The number of rotatable bonds is 2. The molecule has 1 heterocycles. The van der Waals surface area contributed by atoms with E-state index in [0.717, 1.165) is 22.3 Å². The molecule has 15 heavy (non-hydrogen) atoms. The van der Waals surface area contributed by atoms with Crippen LogP contribution in [0.3, 0.4) is 0 Å². The lowest BCUT2D eigenvalue weighted by atomic mass is 10.3. The van der Waals surface area contributed by atoms with Crippen LogP contribution in [-0.4, -0.2) is 15.9 Å². The third kappa shape index (κ3) is 5.60. The van der Waals surface area contributed by atoms with Gasteiger partial charge in [0.15, 0.2) is 5.12 Å². The summed E-state index contributed by atoms with van der Waals surface area (Å²) in [5.41, 5.74) is 0.894. The Kier molecular flexibility index (Phi) is 5.44. The van der Waals surface area contributed by atoms with Crippen LogP contribution in [0.2, 0.25) is 0 Å². The van der Waals surface area contributed by atoms with Gasteiger partial charge in [-0.2, -0.15) is 0 Å². The van der Waals surface area contributed by atoms with Gasteiger partial charge in [-0.1, -0.05) is 23.6 Å². The maximum atomic E-state index is 10.6. The highest BCUT2D eigenvalue weighted by Crippen LogP contribution is 2.05. The second-order valence-electron chi connectivity index (χ2n) is 2.76. The number of carbonyl (C=O) groups is 1. The van der Waals surface area contributed by atoms with Crippen molar-refractivity contribution in [2.24, 2.45) is 0 Å². The molecule has 0 atom stereocenters. The third-order valence-corrected chi connectivity index (χ3v) is 2.78. The van der Waals surface area contributed by atoms with Crippen LogP contribution in [0.15, 0.2) is 22.9 Å². The molecule has 0 saturated heterocycles. The van der Waals surface area contributed by atoms with Gasteiger partial charge in [0.25, 0.3) is 0 Å². The molecule has 1 rings (SSSR count). The van der Waals surface area contributed by atoms with Crippen molar-refractivity contribution in [3.05, 3.63) is 28.5 Å². The van der Waals surface area contributed by atoms with Crippen molar-refractivity contribution < 1.29 is 4.79 Å². The zero-order valence-electron chi connectivity index (χ0n) is 8.29. The molecule has 0 unspecified atom stereocenters. The van der Waals surface area contributed by atoms with E-state index in [2.05, 4.69) is 32.8 Å². The first-order valence-corrected chi connectivity index (χ1v) is 6.20. The zero-order valence-corrected chi connectivity index (χ0v) is 10.7. The molecule has 0 aliphatic rings. The van der Waals surface area contributed by atoms with Crippen LogP contribution >= 0.6 is 27.7 Å². The number of thioether (sulfide) groups is 1. The van der Waals surface area contributed by atoms with E-state index < -0.39 is 0 Å². The fourth-order valence-corrected chi connectivity index (χ4v) is 1.59.